The maximum atomic E-state index is 11.2. The van der Waals surface area contributed by atoms with Crippen LogP contribution >= 0.6 is 11.8 Å². The summed E-state index contributed by atoms with van der Waals surface area (Å²) in [6.07, 6.45) is 0. The number of rotatable bonds is 3. The third-order valence-electron chi connectivity index (χ3n) is 2.77. The second kappa shape index (κ2) is 5.26. The van der Waals surface area contributed by atoms with Gasteiger partial charge in [-0.05, 0) is 6.07 Å². The van der Waals surface area contributed by atoms with Crippen molar-refractivity contribution in [3.8, 4) is 0 Å². The van der Waals surface area contributed by atoms with E-state index >= 15 is 0 Å². The van der Waals surface area contributed by atoms with Gasteiger partial charge in [-0.1, -0.05) is 0 Å². The molecular formula is C11H12N2O4S. The Bertz CT molecular complexity index is 486. The zero-order chi connectivity index (χ0) is 13.1. The number of non-ortho nitro benzene ring substituents is 1. The summed E-state index contributed by atoms with van der Waals surface area (Å²) in [5.41, 5.74) is 0.368. The van der Waals surface area contributed by atoms with Gasteiger partial charge in [0.15, 0.2) is 0 Å². The van der Waals surface area contributed by atoms with Crippen LogP contribution < -0.4 is 4.90 Å². The van der Waals surface area contributed by atoms with Crippen LogP contribution in [0.2, 0.25) is 0 Å². The van der Waals surface area contributed by atoms with Gasteiger partial charge in [-0.15, -0.1) is 0 Å². The number of hydrogen-bond donors (Lipinski definition) is 1. The number of nitro groups is 1. The Kier molecular flexibility index (Phi) is 3.71. The number of carboxylic acids is 1. The van der Waals surface area contributed by atoms with Crippen molar-refractivity contribution in [1.82, 2.24) is 0 Å². The zero-order valence-corrected chi connectivity index (χ0v) is 10.4. The summed E-state index contributed by atoms with van der Waals surface area (Å²) in [5.74, 6) is 0.749. The van der Waals surface area contributed by atoms with Gasteiger partial charge in [0.25, 0.3) is 5.69 Å². The van der Waals surface area contributed by atoms with Gasteiger partial charge in [-0.2, -0.15) is 11.8 Å². The average molecular weight is 268 g/mol. The number of carboxylic acid groups (broad SMARTS) is 1. The smallest absolute Gasteiger partial charge is 0.338 e. The largest absolute Gasteiger partial charge is 0.478 e. The van der Waals surface area contributed by atoms with Crippen LogP contribution in [-0.2, 0) is 0 Å². The first-order valence-electron chi connectivity index (χ1n) is 5.44. The number of nitrogens with zero attached hydrogens (tertiary/aromatic N) is 2. The molecule has 6 nitrogen and oxygen atoms in total. The second-order valence-corrected chi connectivity index (χ2v) is 5.09. The van der Waals surface area contributed by atoms with E-state index in [9.17, 15) is 14.9 Å². The van der Waals surface area contributed by atoms with Gasteiger partial charge in [-0.3, -0.25) is 10.1 Å². The number of thioether (sulfide) groups is 1. The van der Waals surface area contributed by atoms with Crippen molar-refractivity contribution in [3.63, 3.8) is 0 Å². The fourth-order valence-corrected chi connectivity index (χ4v) is 2.79. The van der Waals surface area contributed by atoms with Crippen LogP contribution in [0, 0.1) is 10.1 Å². The first kappa shape index (κ1) is 12.7. The lowest BCUT2D eigenvalue weighted by Gasteiger charge is -2.29. The number of carbonyl (C=O) groups is 1. The Labute approximate surface area is 108 Å². The molecule has 1 fully saturated rings. The fourth-order valence-electron chi connectivity index (χ4n) is 1.89. The molecule has 2 rings (SSSR count). The summed E-state index contributed by atoms with van der Waals surface area (Å²) >= 11 is 1.82. The minimum atomic E-state index is -1.13. The molecule has 0 aromatic heterocycles. The van der Waals surface area contributed by atoms with Gasteiger partial charge < -0.3 is 10.0 Å². The summed E-state index contributed by atoms with van der Waals surface area (Å²) < 4.78 is 0. The molecule has 96 valence electrons. The van der Waals surface area contributed by atoms with Gasteiger partial charge in [0.2, 0.25) is 0 Å². The lowest BCUT2D eigenvalue weighted by Crippen LogP contribution is -2.33. The van der Waals surface area contributed by atoms with Crippen LogP contribution in [0.3, 0.4) is 0 Å². The standard InChI is InChI=1S/C11H12N2O4S/c14-11(15)9-7-8(13(16)17)1-2-10(9)12-3-5-18-6-4-12/h1-2,7H,3-6H2,(H,14,15). The summed E-state index contributed by atoms with van der Waals surface area (Å²) in [6.45, 7) is 1.53. The predicted molar refractivity (Wildman–Crippen MR) is 69.6 cm³/mol. The molecule has 1 aromatic carbocycles. The third-order valence-corrected chi connectivity index (χ3v) is 3.72. The molecule has 1 heterocycles. The van der Waals surface area contributed by atoms with E-state index in [1.807, 2.05) is 16.7 Å². The van der Waals surface area contributed by atoms with Crippen LogP contribution in [0.25, 0.3) is 0 Å². The quantitative estimate of drug-likeness (QED) is 0.665. The molecule has 1 aliphatic heterocycles. The van der Waals surface area contributed by atoms with Crippen molar-refractivity contribution in [2.24, 2.45) is 0 Å². The summed E-state index contributed by atoms with van der Waals surface area (Å²) in [5, 5.41) is 19.8. The highest BCUT2D eigenvalue weighted by Crippen LogP contribution is 2.27. The molecule has 0 radical (unpaired) electrons. The lowest BCUT2D eigenvalue weighted by molar-refractivity contribution is -0.384. The fraction of sp³-hybridized carbons (Fsp3) is 0.364. The predicted octanol–water partition coefficient (Wildman–Crippen LogP) is 1.85. The molecule has 1 N–H and O–H groups in total. The normalized spacial score (nSPS) is 15.4. The number of anilines is 1. The maximum absolute atomic E-state index is 11.2. The van der Waals surface area contributed by atoms with E-state index in [4.69, 9.17) is 5.11 Å². The molecule has 1 saturated heterocycles. The van der Waals surface area contributed by atoms with Crippen molar-refractivity contribution in [2.45, 2.75) is 0 Å². The monoisotopic (exact) mass is 268 g/mol. The number of hydrogen-bond acceptors (Lipinski definition) is 5. The maximum Gasteiger partial charge on any atom is 0.338 e. The highest BCUT2D eigenvalue weighted by Gasteiger charge is 2.21. The van der Waals surface area contributed by atoms with Crippen molar-refractivity contribution in [1.29, 1.82) is 0 Å². The van der Waals surface area contributed by atoms with Gasteiger partial charge in [0, 0.05) is 36.7 Å². The van der Waals surface area contributed by atoms with Gasteiger partial charge in [0.1, 0.15) is 0 Å². The van der Waals surface area contributed by atoms with Crippen LogP contribution in [0.15, 0.2) is 18.2 Å². The molecular weight excluding hydrogens is 256 g/mol. The molecule has 0 saturated carbocycles. The van der Waals surface area contributed by atoms with Crippen LogP contribution in [0.4, 0.5) is 11.4 Å². The number of benzene rings is 1. The minimum absolute atomic E-state index is 0.00361. The molecule has 1 aliphatic rings. The van der Waals surface area contributed by atoms with Crippen LogP contribution in [0.5, 0.6) is 0 Å². The second-order valence-electron chi connectivity index (χ2n) is 3.86. The summed E-state index contributed by atoms with van der Waals surface area (Å²) in [6, 6.07) is 4.00. The van der Waals surface area contributed by atoms with Gasteiger partial charge in [0.05, 0.1) is 16.2 Å². The van der Waals surface area contributed by atoms with E-state index in [1.165, 1.54) is 12.1 Å². The molecule has 0 amide bonds. The SMILES string of the molecule is O=C(O)c1cc([N+](=O)[O-])ccc1N1CCSCC1. The Morgan fingerprint density at radius 1 is 1.39 bits per heavy atom. The highest BCUT2D eigenvalue weighted by atomic mass is 32.2. The van der Waals surface area contributed by atoms with E-state index in [2.05, 4.69) is 0 Å². The van der Waals surface area contributed by atoms with E-state index < -0.39 is 10.9 Å². The Hall–Kier alpha value is -1.76. The number of nitro benzene ring substituents is 1. The molecule has 0 atom stereocenters. The Morgan fingerprint density at radius 2 is 2.06 bits per heavy atom. The van der Waals surface area contributed by atoms with E-state index in [0.29, 0.717) is 5.69 Å². The molecule has 18 heavy (non-hydrogen) atoms. The lowest BCUT2D eigenvalue weighted by atomic mass is 10.1. The van der Waals surface area contributed by atoms with Crippen molar-refractivity contribution < 1.29 is 14.8 Å². The molecule has 0 unspecified atom stereocenters. The van der Waals surface area contributed by atoms with E-state index in [0.717, 1.165) is 30.7 Å². The first-order valence-corrected chi connectivity index (χ1v) is 6.59. The number of aromatic carboxylic acids is 1. The topological polar surface area (TPSA) is 83.7 Å². The third kappa shape index (κ3) is 2.56. The molecule has 1 aromatic rings. The van der Waals surface area contributed by atoms with Crippen molar-refractivity contribution in [2.75, 3.05) is 29.5 Å². The summed E-state index contributed by atoms with van der Waals surface area (Å²) in [4.78, 5) is 23.2. The van der Waals surface area contributed by atoms with E-state index in [-0.39, 0.29) is 11.3 Å². The van der Waals surface area contributed by atoms with Crippen molar-refractivity contribution >= 4 is 29.1 Å². The molecule has 7 heteroatoms. The minimum Gasteiger partial charge on any atom is -0.478 e. The Balaban J connectivity index is 2.39. The van der Waals surface area contributed by atoms with Crippen LogP contribution in [0.1, 0.15) is 10.4 Å². The first-order chi connectivity index (χ1) is 8.59. The summed E-state index contributed by atoms with van der Waals surface area (Å²) in [7, 11) is 0. The zero-order valence-electron chi connectivity index (χ0n) is 9.54. The van der Waals surface area contributed by atoms with Gasteiger partial charge in [-0.25, -0.2) is 4.79 Å². The highest BCUT2D eigenvalue weighted by molar-refractivity contribution is 7.99. The Morgan fingerprint density at radius 3 is 2.61 bits per heavy atom. The molecule has 0 spiro atoms. The van der Waals surface area contributed by atoms with Crippen molar-refractivity contribution in [3.05, 3.63) is 33.9 Å². The van der Waals surface area contributed by atoms with Crippen LogP contribution in [-0.4, -0.2) is 40.6 Å². The molecule has 0 aliphatic carbocycles. The average Bonchev–Trinajstić information content (AvgIpc) is 2.39. The van der Waals surface area contributed by atoms with Gasteiger partial charge >= 0.3 is 5.97 Å². The molecule has 0 bridgehead atoms. The van der Waals surface area contributed by atoms with E-state index in [1.54, 1.807) is 0 Å².